The van der Waals surface area contributed by atoms with Gasteiger partial charge in [0, 0.05) is 26.1 Å². The number of nitrogens with two attached hydrogens (primary N) is 2. The summed E-state index contributed by atoms with van der Waals surface area (Å²) in [4.78, 5) is 12.6. The van der Waals surface area contributed by atoms with E-state index in [1.54, 1.807) is 4.90 Å². The fraction of sp³-hybridized carbons (Fsp3) is 0.500. The van der Waals surface area contributed by atoms with E-state index in [2.05, 4.69) is 0 Å². The van der Waals surface area contributed by atoms with Crippen LogP contribution in [0.15, 0.2) is 12.1 Å². The molecule has 1 saturated heterocycles. The standard InChI is InChI=1S/C14H19F2N3O/c15-11-5-10(8-17)6-12(16)14(11)19-3-1-9(2-4-19)7-13(18)20/h5-6,9H,1-4,7-8,17H2,(H2,18,20). The molecule has 0 bridgehead atoms. The molecule has 0 unspecified atom stereocenters. The molecule has 0 saturated carbocycles. The maximum Gasteiger partial charge on any atom is 0.217 e. The molecular weight excluding hydrogens is 264 g/mol. The van der Waals surface area contributed by atoms with Gasteiger partial charge in [-0.3, -0.25) is 4.79 Å². The van der Waals surface area contributed by atoms with Crippen molar-refractivity contribution in [2.75, 3.05) is 18.0 Å². The summed E-state index contributed by atoms with van der Waals surface area (Å²) in [6, 6.07) is 2.54. The molecule has 4 N–H and O–H groups in total. The first-order valence-electron chi connectivity index (χ1n) is 6.72. The maximum atomic E-state index is 14.0. The molecule has 0 aliphatic carbocycles. The Hall–Kier alpha value is -1.69. The van der Waals surface area contributed by atoms with Gasteiger partial charge in [0.15, 0.2) is 0 Å². The number of carbonyl (C=O) groups is 1. The van der Waals surface area contributed by atoms with Gasteiger partial charge in [0.2, 0.25) is 5.91 Å². The largest absolute Gasteiger partial charge is 0.370 e. The number of rotatable bonds is 4. The van der Waals surface area contributed by atoms with Crippen LogP contribution >= 0.6 is 0 Å². The highest BCUT2D eigenvalue weighted by Crippen LogP contribution is 2.30. The molecule has 1 aromatic rings. The molecule has 1 aromatic carbocycles. The first kappa shape index (κ1) is 14.7. The third-order valence-electron chi connectivity index (χ3n) is 3.73. The van der Waals surface area contributed by atoms with Gasteiger partial charge < -0.3 is 16.4 Å². The van der Waals surface area contributed by atoms with Crippen molar-refractivity contribution in [1.82, 2.24) is 0 Å². The van der Waals surface area contributed by atoms with Crippen molar-refractivity contribution in [3.05, 3.63) is 29.3 Å². The van der Waals surface area contributed by atoms with Gasteiger partial charge in [0.05, 0.1) is 0 Å². The van der Waals surface area contributed by atoms with Crippen LogP contribution in [0.4, 0.5) is 14.5 Å². The predicted molar refractivity (Wildman–Crippen MR) is 73.0 cm³/mol. The van der Waals surface area contributed by atoms with Crippen molar-refractivity contribution in [1.29, 1.82) is 0 Å². The van der Waals surface area contributed by atoms with Crippen LogP contribution in [0.3, 0.4) is 0 Å². The second-order valence-corrected chi connectivity index (χ2v) is 5.21. The Morgan fingerprint density at radius 3 is 2.25 bits per heavy atom. The van der Waals surface area contributed by atoms with Crippen LogP contribution in [0.1, 0.15) is 24.8 Å². The fourth-order valence-corrected chi connectivity index (χ4v) is 2.68. The number of anilines is 1. The second-order valence-electron chi connectivity index (χ2n) is 5.21. The summed E-state index contributed by atoms with van der Waals surface area (Å²) in [6.45, 7) is 1.15. The first-order valence-corrected chi connectivity index (χ1v) is 6.72. The van der Waals surface area contributed by atoms with Crippen molar-refractivity contribution < 1.29 is 13.6 Å². The van der Waals surface area contributed by atoms with Gasteiger partial charge in [0.25, 0.3) is 0 Å². The summed E-state index contributed by atoms with van der Waals surface area (Å²) in [5.41, 5.74) is 11.0. The van der Waals surface area contributed by atoms with Crippen LogP contribution in [0.2, 0.25) is 0 Å². The molecule has 20 heavy (non-hydrogen) atoms. The minimum Gasteiger partial charge on any atom is -0.370 e. The zero-order valence-electron chi connectivity index (χ0n) is 11.2. The smallest absolute Gasteiger partial charge is 0.217 e. The molecule has 1 amide bonds. The summed E-state index contributed by atoms with van der Waals surface area (Å²) >= 11 is 0. The SMILES string of the molecule is NCc1cc(F)c(N2CCC(CC(N)=O)CC2)c(F)c1. The first-order chi connectivity index (χ1) is 9.51. The number of hydrogen-bond acceptors (Lipinski definition) is 3. The van der Waals surface area contributed by atoms with Gasteiger partial charge in [-0.15, -0.1) is 0 Å². The molecular formula is C14H19F2N3O. The molecule has 0 spiro atoms. The van der Waals surface area contributed by atoms with Gasteiger partial charge in [-0.1, -0.05) is 0 Å². The molecule has 0 atom stereocenters. The van der Waals surface area contributed by atoms with Gasteiger partial charge in [-0.2, -0.15) is 0 Å². The Bertz CT molecular complexity index is 476. The van der Waals surface area contributed by atoms with Crippen molar-refractivity contribution in [2.24, 2.45) is 17.4 Å². The summed E-state index contributed by atoms with van der Waals surface area (Å²) in [5.74, 6) is -1.29. The van der Waals surface area contributed by atoms with E-state index in [4.69, 9.17) is 11.5 Å². The van der Waals surface area contributed by atoms with Crippen molar-refractivity contribution >= 4 is 11.6 Å². The van der Waals surface area contributed by atoms with Gasteiger partial charge in [-0.25, -0.2) is 8.78 Å². The lowest BCUT2D eigenvalue weighted by atomic mass is 9.93. The quantitative estimate of drug-likeness (QED) is 0.880. The van der Waals surface area contributed by atoms with Crippen LogP contribution in [-0.4, -0.2) is 19.0 Å². The van der Waals surface area contributed by atoms with E-state index in [0.29, 0.717) is 37.9 Å². The number of halogens is 2. The molecule has 1 heterocycles. The molecule has 6 heteroatoms. The van der Waals surface area contributed by atoms with E-state index < -0.39 is 11.6 Å². The number of benzene rings is 1. The van der Waals surface area contributed by atoms with E-state index in [1.165, 1.54) is 12.1 Å². The Labute approximate surface area is 116 Å². The Balaban J connectivity index is 2.09. The van der Waals surface area contributed by atoms with Crippen LogP contribution < -0.4 is 16.4 Å². The topological polar surface area (TPSA) is 72.3 Å². The Kier molecular flexibility index (Phi) is 4.54. The molecule has 110 valence electrons. The lowest BCUT2D eigenvalue weighted by Gasteiger charge is -2.33. The van der Waals surface area contributed by atoms with Crippen LogP contribution in [0.25, 0.3) is 0 Å². The molecule has 2 rings (SSSR count). The minimum atomic E-state index is -0.584. The number of nitrogens with zero attached hydrogens (tertiary/aromatic N) is 1. The van der Waals surface area contributed by atoms with Crippen molar-refractivity contribution in [3.8, 4) is 0 Å². The normalized spacial score (nSPS) is 16.4. The zero-order chi connectivity index (χ0) is 14.7. The van der Waals surface area contributed by atoms with Gasteiger partial charge in [-0.05, 0) is 36.5 Å². The lowest BCUT2D eigenvalue weighted by Crippen LogP contribution is -2.36. The highest BCUT2D eigenvalue weighted by Gasteiger charge is 2.24. The van der Waals surface area contributed by atoms with Crippen LogP contribution in [-0.2, 0) is 11.3 Å². The second kappa shape index (κ2) is 6.17. The van der Waals surface area contributed by atoms with Crippen LogP contribution in [0, 0.1) is 17.6 Å². The zero-order valence-corrected chi connectivity index (χ0v) is 11.2. The van der Waals surface area contributed by atoms with Crippen molar-refractivity contribution in [2.45, 2.75) is 25.8 Å². The molecule has 1 aliphatic rings. The number of carbonyl (C=O) groups excluding carboxylic acids is 1. The highest BCUT2D eigenvalue weighted by atomic mass is 19.1. The molecule has 0 radical (unpaired) electrons. The summed E-state index contributed by atoms with van der Waals surface area (Å²) in [7, 11) is 0. The highest BCUT2D eigenvalue weighted by molar-refractivity contribution is 5.74. The lowest BCUT2D eigenvalue weighted by molar-refractivity contribution is -0.119. The Morgan fingerprint density at radius 2 is 1.80 bits per heavy atom. The van der Waals surface area contributed by atoms with E-state index in [1.807, 2.05) is 0 Å². The maximum absolute atomic E-state index is 14.0. The molecule has 1 fully saturated rings. The van der Waals surface area contributed by atoms with E-state index in [-0.39, 0.29) is 24.1 Å². The van der Waals surface area contributed by atoms with Crippen molar-refractivity contribution in [3.63, 3.8) is 0 Å². The summed E-state index contributed by atoms with van der Waals surface area (Å²) in [5, 5.41) is 0. The summed E-state index contributed by atoms with van der Waals surface area (Å²) < 4.78 is 28.0. The van der Waals surface area contributed by atoms with Crippen LogP contribution in [0.5, 0.6) is 0 Å². The van der Waals surface area contributed by atoms with Gasteiger partial charge in [0.1, 0.15) is 17.3 Å². The van der Waals surface area contributed by atoms with E-state index >= 15 is 0 Å². The number of piperidine rings is 1. The number of hydrogen-bond donors (Lipinski definition) is 2. The van der Waals surface area contributed by atoms with Gasteiger partial charge >= 0.3 is 0 Å². The monoisotopic (exact) mass is 283 g/mol. The predicted octanol–water partition coefficient (Wildman–Crippen LogP) is 1.52. The minimum absolute atomic E-state index is 0.000255. The third kappa shape index (κ3) is 3.25. The van der Waals surface area contributed by atoms with E-state index in [9.17, 15) is 13.6 Å². The molecule has 4 nitrogen and oxygen atoms in total. The van der Waals surface area contributed by atoms with E-state index in [0.717, 1.165) is 0 Å². The third-order valence-corrected chi connectivity index (χ3v) is 3.73. The Morgan fingerprint density at radius 1 is 1.25 bits per heavy atom. The number of primary amides is 1. The number of amides is 1. The molecule has 0 aromatic heterocycles. The fourth-order valence-electron chi connectivity index (χ4n) is 2.68. The average Bonchev–Trinajstić information content (AvgIpc) is 2.39. The summed E-state index contributed by atoms with van der Waals surface area (Å²) in [6.07, 6.45) is 1.76. The molecule has 1 aliphatic heterocycles. The average molecular weight is 283 g/mol.